The van der Waals surface area contributed by atoms with Gasteiger partial charge in [-0.25, -0.2) is 9.78 Å². The molecule has 1 atom stereocenters. The smallest absolute Gasteiger partial charge is 0.338 e. The van der Waals surface area contributed by atoms with Gasteiger partial charge >= 0.3 is 5.97 Å². The topological polar surface area (TPSA) is 90.3 Å². The number of aryl methyl sites for hydroxylation is 2. The average Bonchev–Trinajstić information content (AvgIpc) is 2.67. The van der Waals surface area contributed by atoms with Gasteiger partial charge in [-0.1, -0.05) is 26.2 Å². The molecule has 0 saturated carbocycles. The lowest BCUT2D eigenvalue weighted by atomic mass is 10.1. The van der Waals surface area contributed by atoms with Crippen LogP contribution in [0.25, 0.3) is 11.0 Å². The van der Waals surface area contributed by atoms with E-state index in [9.17, 15) is 14.4 Å². The first-order valence-corrected chi connectivity index (χ1v) is 9.85. The van der Waals surface area contributed by atoms with Crippen LogP contribution in [-0.4, -0.2) is 34.1 Å². The Hall–Kier alpha value is -2.70. The van der Waals surface area contributed by atoms with Gasteiger partial charge in [0, 0.05) is 12.6 Å². The van der Waals surface area contributed by atoms with Crippen molar-refractivity contribution in [3.05, 3.63) is 39.8 Å². The van der Waals surface area contributed by atoms with E-state index in [4.69, 9.17) is 4.74 Å². The minimum Gasteiger partial charge on any atom is -0.452 e. The summed E-state index contributed by atoms with van der Waals surface area (Å²) in [6.45, 7) is 7.79. The van der Waals surface area contributed by atoms with E-state index in [2.05, 4.69) is 17.2 Å². The number of hydrogen-bond acceptors (Lipinski definition) is 5. The van der Waals surface area contributed by atoms with Crippen LogP contribution in [0, 0.1) is 6.92 Å². The lowest BCUT2D eigenvalue weighted by Crippen LogP contribution is -2.35. The second-order valence-electron chi connectivity index (χ2n) is 6.99. The summed E-state index contributed by atoms with van der Waals surface area (Å²) in [6, 6.07) is 4.90. The number of hydrogen-bond donors (Lipinski definition) is 1. The van der Waals surface area contributed by atoms with Gasteiger partial charge in [-0.3, -0.25) is 9.59 Å². The number of ether oxygens (including phenoxy) is 1. The number of carbonyl (C=O) groups is 2. The Morgan fingerprint density at radius 2 is 2.00 bits per heavy atom. The fourth-order valence-corrected chi connectivity index (χ4v) is 3.12. The van der Waals surface area contributed by atoms with Gasteiger partial charge in [0.25, 0.3) is 11.5 Å². The number of carbonyl (C=O) groups excluding carboxylic acids is 2. The number of benzene rings is 1. The third-order valence-corrected chi connectivity index (χ3v) is 4.64. The van der Waals surface area contributed by atoms with Crippen molar-refractivity contribution in [2.75, 3.05) is 6.61 Å². The Bertz CT molecular complexity index is 904. The fourth-order valence-electron chi connectivity index (χ4n) is 3.12. The molecule has 0 radical (unpaired) electrons. The first-order valence-electron chi connectivity index (χ1n) is 9.85. The fraction of sp³-hybridized carbons (Fsp3) is 0.524. The minimum atomic E-state index is -0.593. The van der Waals surface area contributed by atoms with Gasteiger partial charge in [0.05, 0.1) is 16.6 Å². The van der Waals surface area contributed by atoms with Crippen LogP contribution in [-0.2, 0) is 16.1 Å². The van der Waals surface area contributed by atoms with Gasteiger partial charge in [0.2, 0.25) is 0 Å². The molecule has 0 fully saturated rings. The van der Waals surface area contributed by atoms with E-state index in [1.807, 2.05) is 13.8 Å². The highest BCUT2D eigenvalue weighted by Crippen LogP contribution is 2.14. The summed E-state index contributed by atoms with van der Waals surface area (Å²) in [7, 11) is 0. The third-order valence-electron chi connectivity index (χ3n) is 4.64. The van der Waals surface area contributed by atoms with Crippen molar-refractivity contribution in [1.82, 2.24) is 14.9 Å². The molecule has 1 heterocycles. The van der Waals surface area contributed by atoms with Gasteiger partial charge < -0.3 is 14.6 Å². The highest BCUT2D eigenvalue weighted by atomic mass is 16.5. The normalized spacial score (nSPS) is 12.0. The molecule has 152 valence electrons. The molecule has 2 rings (SSSR count). The summed E-state index contributed by atoms with van der Waals surface area (Å²) < 4.78 is 6.74. The van der Waals surface area contributed by atoms with Crippen LogP contribution in [0.3, 0.4) is 0 Å². The zero-order chi connectivity index (χ0) is 20.7. The average molecular weight is 387 g/mol. The van der Waals surface area contributed by atoms with Crippen LogP contribution < -0.4 is 10.9 Å². The first kappa shape index (κ1) is 21.6. The first-order chi connectivity index (χ1) is 13.4. The van der Waals surface area contributed by atoms with E-state index in [-0.39, 0.29) is 24.1 Å². The van der Waals surface area contributed by atoms with Gasteiger partial charge in [-0.2, -0.15) is 0 Å². The number of fused-ring (bicyclic) bond motifs is 1. The van der Waals surface area contributed by atoms with Crippen LogP contribution in [0.15, 0.2) is 23.0 Å². The van der Waals surface area contributed by atoms with Crippen LogP contribution in [0.1, 0.15) is 62.5 Å². The third kappa shape index (κ3) is 5.41. The minimum absolute atomic E-state index is 0.0522. The number of nitrogens with zero attached hydrogens (tertiary/aromatic N) is 2. The molecule has 1 aromatic carbocycles. The van der Waals surface area contributed by atoms with Crippen molar-refractivity contribution in [1.29, 1.82) is 0 Å². The quantitative estimate of drug-likeness (QED) is 0.528. The van der Waals surface area contributed by atoms with Crippen molar-refractivity contribution in [3.63, 3.8) is 0 Å². The molecular weight excluding hydrogens is 358 g/mol. The van der Waals surface area contributed by atoms with E-state index >= 15 is 0 Å². The Morgan fingerprint density at radius 3 is 2.68 bits per heavy atom. The summed E-state index contributed by atoms with van der Waals surface area (Å²) in [6.07, 6.45) is 4.23. The number of aromatic nitrogens is 2. The molecule has 0 saturated heterocycles. The molecule has 7 heteroatoms. The van der Waals surface area contributed by atoms with Crippen LogP contribution in [0.5, 0.6) is 0 Å². The van der Waals surface area contributed by atoms with Gasteiger partial charge in [0.15, 0.2) is 6.61 Å². The number of rotatable bonds is 9. The van der Waals surface area contributed by atoms with Crippen LogP contribution in [0.2, 0.25) is 0 Å². The second kappa shape index (κ2) is 10.0. The molecule has 0 aliphatic carbocycles. The Morgan fingerprint density at radius 1 is 1.25 bits per heavy atom. The molecule has 2 aromatic rings. The predicted molar refractivity (Wildman–Crippen MR) is 108 cm³/mol. The number of esters is 1. The molecule has 1 amide bonds. The number of nitrogens with one attached hydrogen (secondary N) is 1. The van der Waals surface area contributed by atoms with E-state index in [0.29, 0.717) is 28.8 Å². The summed E-state index contributed by atoms with van der Waals surface area (Å²) in [5.41, 5.74) is 1.73. The molecule has 0 bridgehead atoms. The van der Waals surface area contributed by atoms with Gasteiger partial charge in [-0.05, 0) is 45.4 Å². The Kier molecular flexibility index (Phi) is 7.72. The molecule has 28 heavy (non-hydrogen) atoms. The highest BCUT2D eigenvalue weighted by Gasteiger charge is 2.14. The lowest BCUT2D eigenvalue weighted by Gasteiger charge is -2.14. The van der Waals surface area contributed by atoms with E-state index < -0.39 is 5.97 Å². The summed E-state index contributed by atoms with van der Waals surface area (Å²) in [5.74, 6) is -0.906. The van der Waals surface area contributed by atoms with E-state index in [0.717, 1.165) is 25.7 Å². The Balaban J connectivity index is 2.01. The summed E-state index contributed by atoms with van der Waals surface area (Å²) >= 11 is 0. The van der Waals surface area contributed by atoms with Crippen molar-refractivity contribution < 1.29 is 14.3 Å². The zero-order valence-electron chi connectivity index (χ0n) is 17.1. The molecule has 0 spiro atoms. The number of amides is 1. The molecule has 0 unspecified atom stereocenters. The van der Waals surface area contributed by atoms with Crippen LogP contribution >= 0.6 is 0 Å². The van der Waals surface area contributed by atoms with E-state index in [1.165, 1.54) is 0 Å². The molecular formula is C21H29N3O4. The second-order valence-corrected chi connectivity index (χ2v) is 6.99. The van der Waals surface area contributed by atoms with Crippen molar-refractivity contribution in [2.24, 2.45) is 0 Å². The van der Waals surface area contributed by atoms with Crippen molar-refractivity contribution >= 4 is 22.9 Å². The highest BCUT2D eigenvalue weighted by molar-refractivity contribution is 5.94. The van der Waals surface area contributed by atoms with Crippen molar-refractivity contribution in [3.8, 4) is 0 Å². The molecule has 1 N–H and O–H groups in total. The van der Waals surface area contributed by atoms with Gasteiger partial charge in [-0.15, -0.1) is 0 Å². The monoisotopic (exact) mass is 387 g/mol. The zero-order valence-corrected chi connectivity index (χ0v) is 17.1. The largest absolute Gasteiger partial charge is 0.452 e. The number of unbranched alkanes of at least 4 members (excludes halogenated alkanes) is 2. The summed E-state index contributed by atoms with van der Waals surface area (Å²) in [5, 5.41) is 2.84. The maximum absolute atomic E-state index is 12.3. The SMILES string of the molecule is CCCCC[C@H](C)NC(=O)COC(=O)c1ccc2c(c1)nc(C)c(=O)n2CC. The predicted octanol–water partition coefficient (Wildman–Crippen LogP) is 2.97. The summed E-state index contributed by atoms with van der Waals surface area (Å²) in [4.78, 5) is 40.7. The molecule has 7 nitrogen and oxygen atoms in total. The molecule has 0 aliphatic heterocycles. The standard InChI is InChI=1S/C21H29N3O4/c1-5-7-8-9-14(3)22-19(25)13-28-21(27)16-10-11-18-17(12-16)23-15(4)20(26)24(18)6-2/h10-12,14H,5-9,13H2,1-4H3,(H,22,25)/t14-/m0/s1. The van der Waals surface area contributed by atoms with Crippen molar-refractivity contribution in [2.45, 2.75) is 66.0 Å². The molecule has 0 aliphatic rings. The lowest BCUT2D eigenvalue weighted by molar-refractivity contribution is -0.124. The maximum Gasteiger partial charge on any atom is 0.338 e. The van der Waals surface area contributed by atoms with Crippen LogP contribution in [0.4, 0.5) is 0 Å². The van der Waals surface area contributed by atoms with E-state index in [1.54, 1.807) is 29.7 Å². The Labute approximate surface area is 165 Å². The molecule has 1 aromatic heterocycles. The maximum atomic E-state index is 12.3. The van der Waals surface area contributed by atoms with Gasteiger partial charge in [0.1, 0.15) is 5.69 Å².